The van der Waals surface area contributed by atoms with Crippen LogP contribution in [0, 0.1) is 5.92 Å². The molecule has 2 N–H and O–H groups in total. The van der Waals surface area contributed by atoms with Gasteiger partial charge in [0.2, 0.25) is 5.91 Å². The Balaban J connectivity index is 2.60. The van der Waals surface area contributed by atoms with Crippen molar-refractivity contribution in [1.29, 1.82) is 0 Å². The van der Waals surface area contributed by atoms with Crippen molar-refractivity contribution in [2.45, 2.75) is 65.0 Å². The van der Waals surface area contributed by atoms with Gasteiger partial charge in [0.1, 0.15) is 6.54 Å². The topological polar surface area (TPSA) is 56.7 Å². The van der Waals surface area contributed by atoms with E-state index in [4.69, 9.17) is 0 Å². The highest BCUT2D eigenvalue weighted by Crippen LogP contribution is 2.26. The van der Waals surface area contributed by atoms with Crippen LogP contribution in [-0.4, -0.2) is 49.5 Å². The molecule has 0 bridgehead atoms. The van der Waals surface area contributed by atoms with Crippen molar-refractivity contribution in [1.82, 2.24) is 15.5 Å². The van der Waals surface area contributed by atoms with E-state index in [9.17, 15) is 4.79 Å². The lowest BCUT2D eigenvalue weighted by Gasteiger charge is -2.30. The largest absolute Gasteiger partial charge is 0.354 e. The zero-order valence-electron chi connectivity index (χ0n) is 14.3. The third-order valence-electron chi connectivity index (χ3n) is 4.00. The average Bonchev–Trinajstić information content (AvgIpc) is 2.43. The van der Waals surface area contributed by atoms with E-state index in [0.717, 1.165) is 11.9 Å². The van der Waals surface area contributed by atoms with E-state index < -0.39 is 0 Å². The number of hydrogen-bond acceptors (Lipinski definition) is 2. The summed E-state index contributed by atoms with van der Waals surface area (Å²) < 4.78 is 0. The Labute approximate surface area is 129 Å². The summed E-state index contributed by atoms with van der Waals surface area (Å²) in [5, 5.41) is 6.84. The maximum atomic E-state index is 11.7. The molecule has 5 heteroatoms. The number of guanidine groups is 1. The van der Waals surface area contributed by atoms with Gasteiger partial charge in [-0.2, -0.15) is 0 Å². The van der Waals surface area contributed by atoms with Crippen LogP contribution in [0.2, 0.25) is 0 Å². The zero-order chi connectivity index (χ0) is 15.8. The van der Waals surface area contributed by atoms with E-state index in [2.05, 4.69) is 36.4 Å². The average molecular weight is 296 g/mol. The van der Waals surface area contributed by atoms with Gasteiger partial charge < -0.3 is 15.5 Å². The minimum absolute atomic E-state index is 0.0231. The maximum Gasteiger partial charge on any atom is 0.243 e. The van der Waals surface area contributed by atoms with Gasteiger partial charge >= 0.3 is 0 Å². The molecule has 0 aliphatic heterocycles. The van der Waals surface area contributed by atoms with Crippen LogP contribution in [0.4, 0.5) is 0 Å². The van der Waals surface area contributed by atoms with Crippen molar-refractivity contribution in [2.24, 2.45) is 10.9 Å². The smallest absolute Gasteiger partial charge is 0.243 e. The lowest BCUT2D eigenvalue weighted by atomic mass is 9.84. The van der Waals surface area contributed by atoms with Gasteiger partial charge in [-0.05, 0) is 32.6 Å². The van der Waals surface area contributed by atoms with Crippen molar-refractivity contribution in [2.75, 3.05) is 20.6 Å². The summed E-state index contributed by atoms with van der Waals surface area (Å²) in [6, 6.07) is 0.777. The van der Waals surface area contributed by atoms with Crippen molar-refractivity contribution >= 4 is 11.9 Å². The maximum absolute atomic E-state index is 11.7. The monoisotopic (exact) mass is 296 g/mol. The second kappa shape index (κ2) is 8.90. The molecule has 1 fully saturated rings. The molecule has 1 rings (SSSR count). The van der Waals surface area contributed by atoms with E-state index in [1.807, 2.05) is 0 Å². The number of carbonyl (C=O) groups is 1. The summed E-state index contributed by atoms with van der Waals surface area (Å²) in [5.41, 5.74) is 0. The molecule has 2 unspecified atom stereocenters. The van der Waals surface area contributed by atoms with Gasteiger partial charge in [0.25, 0.3) is 0 Å². The molecule has 2 atom stereocenters. The van der Waals surface area contributed by atoms with Crippen LogP contribution in [0.15, 0.2) is 4.99 Å². The molecule has 122 valence electrons. The molecule has 0 heterocycles. The first-order valence-electron chi connectivity index (χ1n) is 8.20. The molecular weight excluding hydrogens is 264 g/mol. The van der Waals surface area contributed by atoms with E-state index >= 15 is 0 Å². The van der Waals surface area contributed by atoms with Gasteiger partial charge in [-0.3, -0.25) is 4.79 Å². The normalized spacial score (nSPS) is 23.0. The highest BCUT2D eigenvalue weighted by atomic mass is 16.2. The van der Waals surface area contributed by atoms with Crippen LogP contribution in [-0.2, 0) is 4.79 Å². The van der Waals surface area contributed by atoms with Crippen molar-refractivity contribution in [3.63, 3.8) is 0 Å². The first-order chi connectivity index (χ1) is 9.92. The van der Waals surface area contributed by atoms with Crippen LogP contribution in [0.1, 0.15) is 52.9 Å². The van der Waals surface area contributed by atoms with Crippen LogP contribution < -0.4 is 10.6 Å². The molecule has 0 saturated heterocycles. The third-order valence-corrected chi connectivity index (χ3v) is 4.00. The Bertz CT molecular complexity index is 352. The number of hydrogen-bond donors (Lipinski definition) is 2. The van der Waals surface area contributed by atoms with Gasteiger partial charge in [-0.15, -0.1) is 0 Å². The molecule has 0 radical (unpaired) electrons. The fourth-order valence-electron chi connectivity index (χ4n) is 2.68. The number of carbonyl (C=O) groups excluding carboxylic acids is 1. The summed E-state index contributed by atoms with van der Waals surface area (Å²) in [6.45, 7) is 6.63. The van der Waals surface area contributed by atoms with E-state index in [1.54, 1.807) is 19.0 Å². The highest BCUT2D eigenvalue weighted by molar-refractivity contribution is 5.85. The Kier molecular flexibility index (Phi) is 7.54. The van der Waals surface area contributed by atoms with Crippen molar-refractivity contribution in [3.8, 4) is 0 Å². The summed E-state index contributed by atoms with van der Waals surface area (Å²) in [4.78, 5) is 17.7. The van der Waals surface area contributed by atoms with Crippen molar-refractivity contribution in [3.05, 3.63) is 0 Å². The molecule has 0 aromatic heterocycles. The predicted octanol–water partition coefficient (Wildman–Crippen LogP) is 1.99. The van der Waals surface area contributed by atoms with Crippen LogP contribution in [0.5, 0.6) is 0 Å². The zero-order valence-corrected chi connectivity index (χ0v) is 14.3. The fraction of sp³-hybridized carbons (Fsp3) is 0.875. The van der Waals surface area contributed by atoms with Gasteiger partial charge in [0.15, 0.2) is 5.96 Å². The molecule has 21 heavy (non-hydrogen) atoms. The minimum Gasteiger partial charge on any atom is -0.354 e. The first-order valence-corrected chi connectivity index (χ1v) is 8.20. The summed E-state index contributed by atoms with van der Waals surface area (Å²) >= 11 is 0. The Morgan fingerprint density at radius 1 is 1.33 bits per heavy atom. The molecule has 5 nitrogen and oxygen atoms in total. The van der Waals surface area contributed by atoms with E-state index in [1.165, 1.54) is 32.1 Å². The SMILES string of the molecule is CCC1CCCC(NC(=NCC(=O)N(C)C)NC(C)C)C1. The summed E-state index contributed by atoms with van der Waals surface area (Å²) in [5.74, 6) is 1.61. The summed E-state index contributed by atoms with van der Waals surface area (Å²) in [6.07, 6.45) is 6.27. The van der Waals surface area contributed by atoms with Gasteiger partial charge in [-0.1, -0.05) is 26.2 Å². The number of amides is 1. The number of likely N-dealkylation sites (N-methyl/N-ethyl adjacent to an activating group) is 1. The Morgan fingerprint density at radius 2 is 2.05 bits per heavy atom. The lowest BCUT2D eigenvalue weighted by molar-refractivity contribution is -0.127. The predicted molar refractivity (Wildman–Crippen MR) is 88.4 cm³/mol. The van der Waals surface area contributed by atoms with Crippen LogP contribution in [0.3, 0.4) is 0 Å². The Morgan fingerprint density at radius 3 is 2.62 bits per heavy atom. The number of nitrogens with zero attached hydrogens (tertiary/aromatic N) is 2. The molecule has 0 aromatic rings. The molecular formula is C16H32N4O. The van der Waals surface area contributed by atoms with Gasteiger partial charge in [0.05, 0.1) is 0 Å². The summed E-state index contributed by atoms with van der Waals surface area (Å²) in [7, 11) is 3.52. The third kappa shape index (κ3) is 6.82. The number of nitrogens with one attached hydrogen (secondary N) is 2. The molecule has 1 aliphatic rings. The molecule has 1 amide bonds. The minimum atomic E-state index is 0.0231. The van der Waals surface area contributed by atoms with E-state index in [-0.39, 0.29) is 12.5 Å². The van der Waals surface area contributed by atoms with Gasteiger partial charge in [-0.25, -0.2) is 4.99 Å². The van der Waals surface area contributed by atoms with Crippen LogP contribution >= 0.6 is 0 Å². The van der Waals surface area contributed by atoms with Gasteiger partial charge in [0, 0.05) is 26.2 Å². The highest BCUT2D eigenvalue weighted by Gasteiger charge is 2.21. The Hall–Kier alpha value is -1.26. The molecule has 0 spiro atoms. The second-order valence-electron chi connectivity index (χ2n) is 6.53. The lowest BCUT2D eigenvalue weighted by Crippen LogP contribution is -2.47. The molecule has 1 aliphatic carbocycles. The van der Waals surface area contributed by atoms with E-state index in [0.29, 0.717) is 12.1 Å². The molecule has 1 saturated carbocycles. The first kappa shape index (κ1) is 17.8. The standard InChI is InChI=1S/C16H32N4O/c1-6-13-8-7-9-14(10-13)19-16(18-12(2)3)17-11-15(21)20(4)5/h12-14H,6-11H2,1-5H3,(H2,17,18,19). The quantitative estimate of drug-likeness (QED) is 0.602. The fourth-order valence-corrected chi connectivity index (χ4v) is 2.68. The van der Waals surface area contributed by atoms with Crippen molar-refractivity contribution < 1.29 is 4.79 Å². The second-order valence-corrected chi connectivity index (χ2v) is 6.53. The molecule has 0 aromatic carbocycles. The number of aliphatic imine (C=N–C) groups is 1. The number of rotatable bonds is 5. The van der Waals surface area contributed by atoms with Crippen LogP contribution in [0.25, 0.3) is 0 Å².